The second kappa shape index (κ2) is 9.70. The van der Waals surface area contributed by atoms with E-state index in [0.29, 0.717) is 5.56 Å². The third-order valence-electron chi connectivity index (χ3n) is 4.83. The predicted octanol–water partition coefficient (Wildman–Crippen LogP) is 4.78. The quantitative estimate of drug-likeness (QED) is 0.310. The third-order valence-corrected chi connectivity index (χ3v) is 6.90. The van der Waals surface area contributed by atoms with Crippen molar-refractivity contribution in [2.45, 2.75) is 23.6 Å². The van der Waals surface area contributed by atoms with E-state index in [1.807, 2.05) is 0 Å². The topological polar surface area (TPSA) is 130 Å². The molecule has 0 saturated carbocycles. The number of phenolic OH excluding ortho intramolecular Hbond substituents is 1. The molecule has 1 unspecified atom stereocenters. The molecule has 178 valence electrons. The van der Waals surface area contributed by atoms with Crippen molar-refractivity contribution in [3.63, 3.8) is 0 Å². The van der Waals surface area contributed by atoms with E-state index in [4.69, 9.17) is 21.4 Å². The Morgan fingerprint density at radius 2 is 1.74 bits per heavy atom. The SMILES string of the molecule is Cc1cc(NC(=O)C(C)C(=O)O)cc(Cl)c1Oc1ccc(O)c(S(=O)(=O)c2ccc(F)cc2)c1. The van der Waals surface area contributed by atoms with Crippen LogP contribution in [-0.2, 0) is 19.4 Å². The molecule has 1 atom stereocenters. The van der Waals surface area contributed by atoms with Crippen molar-refractivity contribution in [2.24, 2.45) is 5.92 Å². The second-order valence-electron chi connectivity index (χ2n) is 7.34. The molecular weight excluding hydrogens is 489 g/mol. The Balaban J connectivity index is 1.91. The summed E-state index contributed by atoms with van der Waals surface area (Å²) in [5.74, 6) is -4.22. The molecule has 11 heteroatoms. The molecule has 0 heterocycles. The fourth-order valence-electron chi connectivity index (χ4n) is 2.93. The first-order valence-corrected chi connectivity index (χ1v) is 11.6. The van der Waals surface area contributed by atoms with Crippen LogP contribution in [0.3, 0.4) is 0 Å². The van der Waals surface area contributed by atoms with Crippen LogP contribution in [0.25, 0.3) is 0 Å². The van der Waals surface area contributed by atoms with E-state index in [1.165, 1.54) is 25.1 Å². The van der Waals surface area contributed by atoms with Gasteiger partial charge in [0, 0.05) is 11.8 Å². The van der Waals surface area contributed by atoms with E-state index in [2.05, 4.69) is 5.32 Å². The zero-order chi connectivity index (χ0) is 25.2. The van der Waals surface area contributed by atoms with Gasteiger partial charge in [-0.15, -0.1) is 0 Å². The number of hydrogen-bond acceptors (Lipinski definition) is 6. The molecule has 3 rings (SSSR count). The number of aryl methyl sites for hydroxylation is 1. The number of benzene rings is 3. The standard InChI is InChI=1S/C23H19ClFNO7S/c1-12-9-15(26-22(28)13(2)23(29)30)10-18(24)21(12)33-16-5-8-19(27)20(11-16)34(31,32)17-6-3-14(25)4-7-17/h3-11,13,27H,1-2H3,(H,26,28)(H,29,30). The Labute approximate surface area is 199 Å². The van der Waals surface area contributed by atoms with Crippen LogP contribution in [0.2, 0.25) is 5.02 Å². The van der Waals surface area contributed by atoms with Gasteiger partial charge in [-0.25, -0.2) is 12.8 Å². The van der Waals surface area contributed by atoms with Crippen LogP contribution >= 0.6 is 11.6 Å². The molecule has 34 heavy (non-hydrogen) atoms. The molecule has 8 nitrogen and oxygen atoms in total. The lowest BCUT2D eigenvalue weighted by atomic mass is 10.1. The number of carbonyl (C=O) groups excluding carboxylic acids is 1. The van der Waals surface area contributed by atoms with Crippen LogP contribution in [0.15, 0.2) is 64.4 Å². The summed E-state index contributed by atoms with van der Waals surface area (Å²) in [6.07, 6.45) is 0. The van der Waals surface area contributed by atoms with E-state index in [9.17, 15) is 27.5 Å². The number of carbonyl (C=O) groups is 2. The predicted molar refractivity (Wildman–Crippen MR) is 122 cm³/mol. The van der Waals surface area contributed by atoms with Gasteiger partial charge in [0.2, 0.25) is 15.7 Å². The molecule has 0 spiro atoms. The number of carboxylic acid groups (broad SMARTS) is 1. The van der Waals surface area contributed by atoms with Crippen molar-refractivity contribution < 1.29 is 37.3 Å². The van der Waals surface area contributed by atoms with Crippen molar-refractivity contribution in [3.8, 4) is 17.2 Å². The summed E-state index contributed by atoms with van der Waals surface area (Å²) in [6, 6.07) is 10.6. The number of nitrogens with one attached hydrogen (secondary N) is 1. The summed E-state index contributed by atoms with van der Waals surface area (Å²) in [6.45, 7) is 2.86. The Kier molecular flexibility index (Phi) is 7.13. The zero-order valence-electron chi connectivity index (χ0n) is 17.9. The van der Waals surface area contributed by atoms with Crippen molar-refractivity contribution >= 4 is 39.0 Å². The smallest absolute Gasteiger partial charge is 0.315 e. The van der Waals surface area contributed by atoms with Crippen LogP contribution in [0.1, 0.15) is 12.5 Å². The van der Waals surface area contributed by atoms with Crippen LogP contribution in [-0.4, -0.2) is 30.5 Å². The average Bonchev–Trinajstić information content (AvgIpc) is 2.76. The van der Waals surface area contributed by atoms with Crippen LogP contribution < -0.4 is 10.1 Å². The number of anilines is 1. The molecule has 0 saturated heterocycles. The van der Waals surface area contributed by atoms with Crippen molar-refractivity contribution in [1.82, 2.24) is 0 Å². The number of aromatic hydroxyl groups is 1. The fourth-order valence-corrected chi connectivity index (χ4v) is 4.59. The Morgan fingerprint density at radius 3 is 2.32 bits per heavy atom. The molecule has 0 fully saturated rings. The molecule has 0 bridgehead atoms. The Bertz CT molecular complexity index is 1350. The molecule has 0 aliphatic carbocycles. The molecule has 3 aromatic carbocycles. The van der Waals surface area contributed by atoms with Gasteiger partial charge in [0.15, 0.2) is 0 Å². The van der Waals surface area contributed by atoms with Crippen LogP contribution in [0.5, 0.6) is 17.2 Å². The summed E-state index contributed by atoms with van der Waals surface area (Å²) in [5.41, 5.74) is 0.708. The van der Waals surface area contributed by atoms with Crippen LogP contribution in [0.4, 0.5) is 10.1 Å². The Morgan fingerprint density at radius 1 is 1.09 bits per heavy atom. The Hall–Kier alpha value is -3.63. The van der Waals surface area contributed by atoms with E-state index in [-0.39, 0.29) is 27.1 Å². The maximum absolute atomic E-state index is 13.2. The normalized spacial score (nSPS) is 12.1. The van der Waals surface area contributed by atoms with Gasteiger partial charge in [0.25, 0.3) is 0 Å². The summed E-state index contributed by atoms with van der Waals surface area (Å²) >= 11 is 6.29. The third kappa shape index (κ3) is 5.29. The minimum Gasteiger partial charge on any atom is -0.507 e. The highest BCUT2D eigenvalue weighted by atomic mass is 35.5. The first kappa shape index (κ1) is 25.0. The molecule has 0 aromatic heterocycles. The molecule has 1 amide bonds. The fraction of sp³-hybridized carbons (Fsp3) is 0.130. The van der Waals surface area contributed by atoms with Gasteiger partial charge >= 0.3 is 5.97 Å². The van der Waals surface area contributed by atoms with Gasteiger partial charge in [0.1, 0.15) is 33.9 Å². The number of halogens is 2. The molecule has 0 radical (unpaired) electrons. The van der Waals surface area contributed by atoms with Gasteiger partial charge in [-0.05, 0) is 67.9 Å². The lowest BCUT2D eigenvalue weighted by Crippen LogP contribution is -2.26. The van der Waals surface area contributed by atoms with Crippen molar-refractivity contribution in [1.29, 1.82) is 0 Å². The number of aliphatic carboxylic acids is 1. The van der Waals surface area contributed by atoms with E-state index in [1.54, 1.807) is 6.92 Å². The first-order valence-electron chi connectivity index (χ1n) is 9.75. The first-order chi connectivity index (χ1) is 15.9. The number of sulfone groups is 1. The summed E-state index contributed by atoms with van der Waals surface area (Å²) in [7, 11) is -4.18. The number of carboxylic acids is 1. The zero-order valence-corrected chi connectivity index (χ0v) is 19.4. The van der Waals surface area contributed by atoms with Crippen molar-refractivity contribution in [2.75, 3.05) is 5.32 Å². The van der Waals surface area contributed by atoms with Gasteiger partial charge in [-0.1, -0.05) is 11.6 Å². The number of rotatable bonds is 7. The van der Waals surface area contributed by atoms with Gasteiger partial charge in [-0.2, -0.15) is 0 Å². The highest BCUT2D eigenvalue weighted by Gasteiger charge is 2.24. The maximum Gasteiger partial charge on any atom is 0.315 e. The van der Waals surface area contributed by atoms with Gasteiger partial charge in [0.05, 0.1) is 9.92 Å². The second-order valence-corrected chi connectivity index (χ2v) is 9.67. The number of hydrogen-bond donors (Lipinski definition) is 3. The minimum atomic E-state index is -4.18. The molecule has 0 aliphatic heterocycles. The van der Waals surface area contributed by atoms with E-state index < -0.39 is 44.1 Å². The van der Waals surface area contributed by atoms with E-state index >= 15 is 0 Å². The highest BCUT2D eigenvalue weighted by molar-refractivity contribution is 7.91. The van der Waals surface area contributed by atoms with E-state index in [0.717, 1.165) is 36.4 Å². The molecular formula is C23H19ClFNO7S. The molecule has 3 N–H and O–H groups in total. The van der Waals surface area contributed by atoms with Gasteiger partial charge in [-0.3, -0.25) is 9.59 Å². The molecule has 3 aromatic rings. The van der Waals surface area contributed by atoms with Crippen LogP contribution in [0, 0.1) is 18.7 Å². The largest absolute Gasteiger partial charge is 0.507 e. The molecule has 0 aliphatic rings. The minimum absolute atomic E-state index is 0.0415. The van der Waals surface area contributed by atoms with Gasteiger partial charge < -0.3 is 20.3 Å². The lowest BCUT2D eigenvalue weighted by Gasteiger charge is -2.15. The average molecular weight is 508 g/mol. The summed E-state index contributed by atoms with van der Waals surface area (Å²) in [5, 5.41) is 21.6. The maximum atomic E-state index is 13.2. The number of ether oxygens (including phenoxy) is 1. The summed E-state index contributed by atoms with van der Waals surface area (Å²) < 4.78 is 44.8. The number of amides is 1. The highest BCUT2D eigenvalue weighted by Crippen LogP contribution is 2.38. The van der Waals surface area contributed by atoms with Crippen molar-refractivity contribution in [3.05, 3.63) is 71.0 Å². The monoisotopic (exact) mass is 507 g/mol. The lowest BCUT2D eigenvalue weighted by molar-refractivity contribution is -0.144. The summed E-state index contributed by atoms with van der Waals surface area (Å²) in [4.78, 5) is 22.3. The number of phenols is 1.